The zero-order chi connectivity index (χ0) is 13.9. The monoisotopic (exact) mass is 325 g/mol. The molecule has 1 aliphatic rings. The fourth-order valence-corrected chi connectivity index (χ4v) is 2.58. The molecule has 1 fully saturated rings. The molecular weight excluding hydrogens is 306 g/mol. The molecule has 2 rings (SSSR count). The summed E-state index contributed by atoms with van der Waals surface area (Å²) in [7, 11) is 1.45. The zero-order valence-corrected chi connectivity index (χ0v) is 13.0. The average Bonchev–Trinajstić information content (AvgIpc) is 3.25. The van der Waals surface area contributed by atoms with E-state index in [0.717, 1.165) is 16.6 Å². The number of halogens is 1. The maximum atomic E-state index is 12.3. The number of hydrogen-bond donors (Lipinski definition) is 1. The van der Waals surface area contributed by atoms with Crippen molar-refractivity contribution >= 4 is 21.9 Å². The van der Waals surface area contributed by atoms with Crippen LogP contribution >= 0.6 is 15.9 Å². The lowest BCUT2D eigenvalue weighted by Gasteiger charge is -2.31. The lowest BCUT2D eigenvalue weighted by atomic mass is 9.87. The van der Waals surface area contributed by atoms with Gasteiger partial charge in [0.25, 0.3) is 0 Å². The fourth-order valence-electron chi connectivity index (χ4n) is 2.31. The summed E-state index contributed by atoms with van der Waals surface area (Å²) in [5, 5.41) is 3.44. The first-order valence-electron chi connectivity index (χ1n) is 6.72. The predicted molar refractivity (Wildman–Crippen MR) is 78.9 cm³/mol. The van der Waals surface area contributed by atoms with E-state index in [-0.39, 0.29) is 5.97 Å². The lowest BCUT2D eigenvalue weighted by molar-refractivity contribution is -0.149. The van der Waals surface area contributed by atoms with Gasteiger partial charge in [0, 0.05) is 4.47 Å². The van der Waals surface area contributed by atoms with Crippen LogP contribution < -0.4 is 5.32 Å². The molecule has 0 bridgehead atoms. The molecule has 1 saturated carbocycles. The predicted octanol–water partition coefficient (Wildman–Crippen LogP) is 3.23. The molecule has 1 aromatic rings. The average molecular weight is 326 g/mol. The number of esters is 1. The van der Waals surface area contributed by atoms with Gasteiger partial charge >= 0.3 is 5.97 Å². The van der Waals surface area contributed by atoms with Crippen molar-refractivity contribution in [1.29, 1.82) is 0 Å². The molecule has 1 N–H and O–H groups in total. The van der Waals surface area contributed by atoms with Gasteiger partial charge in [0.05, 0.1) is 7.11 Å². The Morgan fingerprint density at radius 3 is 2.53 bits per heavy atom. The first kappa shape index (κ1) is 14.5. The van der Waals surface area contributed by atoms with Crippen molar-refractivity contribution in [3.63, 3.8) is 0 Å². The Kier molecular flexibility index (Phi) is 4.63. The van der Waals surface area contributed by atoms with Crippen molar-refractivity contribution in [2.75, 3.05) is 13.7 Å². The van der Waals surface area contributed by atoms with Gasteiger partial charge in [0.15, 0.2) is 0 Å². The van der Waals surface area contributed by atoms with Crippen LogP contribution in [0, 0.1) is 5.92 Å². The molecule has 4 heteroatoms. The number of carbonyl (C=O) groups excluding carboxylic acids is 1. The van der Waals surface area contributed by atoms with Crippen LogP contribution in [-0.2, 0) is 15.1 Å². The Morgan fingerprint density at radius 1 is 1.42 bits per heavy atom. The summed E-state index contributed by atoms with van der Waals surface area (Å²) < 4.78 is 6.04. The van der Waals surface area contributed by atoms with E-state index in [1.54, 1.807) is 0 Å². The molecule has 104 valence electrons. The topological polar surface area (TPSA) is 38.3 Å². The Labute approximate surface area is 122 Å². The van der Waals surface area contributed by atoms with Gasteiger partial charge in [-0.2, -0.15) is 0 Å². The molecule has 1 atom stereocenters. The maximum Gasteiger partial charge on any atom is 0.330 e. The number of methoxy groups -OCH3 is 1. The minimum atomic E-state index is -0.724. The second-order valence-electron chi connectivity index (χ2n) is 5.08. The van der Waals surface area contributed by atoms with Crippen molar-refractivity contribution < 1.29 is 9.53 Å². The van der Waals surface area contributed by atoms with Crippen LogP contribution in [0.25, 0.3) is 0 Å². The number of hydrogen-bond acceptors (Lipinski definition) is 3. The highest BCUT2D eigenvalue weighted by molar-refractivity contribution is 9.10. The molecule has 1 aromatic carbocycles. The molecule has 0 heterocycles. The molecule has 0 amide bonds. The van der Waals surface area contributed by atoms with E-state index in [2.05, 4.69) is 21.2 Å². The van der Waals surface area contributed by atoms with Gasteiger partial charge in [-0.15, -0.1) is 0 Å². The molecule has 0 aliphatic heterocycles. The van der Waals surface area contributed by atoms with Crippen LogP contribution in [0.3, 0.4) is 0 Å². The van der Waals surface area contributed by atoms with Crippen LogP contribution in [0.15, 0.2) is 28.7 Å². The largest absolute Gasteiger partial charge is 0.467 e. The minimum Gasteiger partial charge on any atom is -0.467 e. The van der Waals surface area contributed by atoms with E-state index >= 15 is 0 Å². The van der Waals surface area contributed by atoms with Crippen LogP contribution in [0.1, 0.15) is 31.7 Å². The highest BCUT2D eigenvalue weighted by Gasteiger charge is 2.40. The van der Waals surface area contributed by atoms with E-state index in [9.17, 15) is 4.79 Å². The van der Waals surface area contributed by atoms with Crippen molar-refractivity contribution in [2.45, 2.75) is 31.7 Å². The summed E-state index contributed by atoms with van der Waals surface area (Å²) in [6.07, 6.45) is 3.19. The van der Waals surface area contributed by atoms with Crippen molar-refractivity contribution in [3.8, 4) is 0 Å². The molecule has 1 aliphatic carbocycles. The number of rotatable bonds is 6. The first-order chi connectivity index (χ1) is 9.12. The highest BCUT2D eigenvalue weighted by Crippen LogP contribution is 2.32. The van der Waals surface area contributed by atoms with E-state index in [0.29, 0.717) is 12.3 Å². The summed E-state index contributed by atoms with van der Waals surface area (Å²) in [4.78, 5) is 12.3. The van der Waals surface area contributed by atoms with Crippen LogP contribution in [-0.4, -0.2) is 19.6 Å². The summed E-state index contributed by atoms with van der Waals surface area (Å²) in [5.74, 6) is 0.504. The minimum absolute atomic E-state index is 0.210. The molecule has 3 nitrogen and oxygen atoms in total. The van der Waals surface area contributed by atoms with Crippen molar-refractivity contribution in [1.82, 2.24) is 5.32 Å². The zero-order valence-electron chi connectivity index (χ0n) is 11.4. The van der Waals surface area contributed by atoms with Crippen molar-refractivity contribution in [3.05, 3.63) is 34.3 Å². The van der Waals surface area contributed by atoms with Crippen LogP contribution in [0.5, 0.6) is 0 Å². The van der Waals surface area contributed by atoms with Gasteiger partial charge in [0.1, 0.15) is 5.54 Å². The fraction of sp³-hybridized carbons (Fsp3) is 0.533. The van der Waals surface area contributed by atoms with E-state index in [1.165, 1.54) is 20.0 Å². The first-order valence-corrected chi connectivity index (χ1v) is 7.51. The van der Waals surface area contributed by atoms with E-state index in [1.807, 2.05) is 31.2 Å². The summed E-state index contributed by atoms with van der Waals surface area (Å²) >= 11 is 3.42. The normalized spacial score (nSPS) is 17.8. The quantitative estimate of drug-likeness (QED) is 0.816. The van der Waals surface area contributed by atoms with E-state index < -0.39 is 5.54 Å². The van der Waals surface area contributed by atoms with Gasteiger partial charge < -0.3 is 4.74 Å². The third-order valence-corrected chi connectivity index (χ3v) is 4.32. The number of benzene rings is 1. The van der Waals surface area contributed by atoms with Crippen LogP contribution in [0.4, 0.5) is 0 Å². The third-order valence-electron chi connectivity index (χ3n) is 3.79. The maximum absolute atomic E-state index is 12.3. The van der Waals surface area contributed by atoms with Gasteiger partial charge in [-0.05, 0) is 49.4 Å². The Bertz CT molecular complexity index is 442. The van der Waals surface area contributed by atoms with Crippen molar-refractivity contribution in [2.24, 2.45) is 5.92 Å². The second-order valence-corrected chi connectivity index (χ2v) is 6.00. The van der Waals surface area contributed by atoms with Gasteiger partial charge in [-0.25, -0.2) is 4.79 Å². The Hall–Kier alpha value is -0.870. The highest BCUT2D eigenvalue weighted by atomic mass is 79.9. The Balaban J connectivity index is 2.29. The second kappa shape index (κ2) is 6.06. The number of ether oxygens (including phenoxy) is 1. The number of nitrogens with one attached hydrogen (secondary N) is 1. The molecular formula is C15H20BrNO2. The molecule has 0 aromatic heterocycles. The summed E-state index contributed by atoms with van der Waals surface area (Å²) in [5.41, 5.74) is 0.239. The SMILES string of the molecule is CCC(NCC1CC1)(C(=O)OC)c1ccc(Br)cc1. The third kappa shape index (κ3) is 3.18. The van der Waals surface area contributed by atoms with Gasteiger partial charge in [-0.1, -0.05) is 35.0 Å². The molecule has 0 radical (unpaired) electrons. The summed E-state index contributed by atoms with van der Waals surface area (Å²) in [6.45, 7) is 2.89. The molecule has 0 spiro atoms. The summed E-state index contributed by atoms with van der Waals surface area (Å²) in [6, 6.07) is 7.87. The Morgan fingerprint density at radius 2 is 2.05 bits per heavy atom. The lowest BCUT2D eigenvalue weighted by Crippen LogP contribution is -2.50. The van der Waals surface area contributed by atoms with Gasteiger partial charge in [0.2, 0.25) is 0 Å². The van der Waals surface area contributed by atoms with Crippen LogP contribution in [0.2, 0.25) is 0 Å². The molecule has 19 heavy (non-hydrogen) atoms. The molecule has 1 unspecified atom stereocenters. The number of carbonyl (C=O) groups is 1. The van der Waals surface area contributed by atoms with Gasteiger partial charge in [-0.3, -0.25) is 5.32 Å². The smallest absolute Gasteiger partial charge is 0.330 e. The molecule has 0 saturated heterocycles. The van der Waals surface area contributed by atoms with E-state index in [4.69, 9.17) is 4.74 Å². The standard InChI is InChI=1S/C15H20BrNO2/c1-3-15(14(18)19-2,17-10-11-4-5-11)12-6-8-13(16)9-7-12/h6-9,11,17H,3-5,10H2,1-2H3.